The molecule has 1 aliphatic rings. The minimum absolute atomic E-state index is 0.611. The summed E-state index contributed by atoms with van der Waals surface area (Å²) in [5.74, 6) is 0. The largest absolute Gasteiger partial charge is 0.396 e. The van der Waals surface area contributed by atoms with E-state index in [2.05, 4.69) is 38.2 Å². The summed E-state index contributed by atoms with van der Waals surface area (Å²) in [6, 6.07) is 0.611. The van der Waals surface area contributed by atoms with E-state index in [9.17, 15) is 0 Å². The summed E-state index contributed by atoms with van der Waals surface area (Å²) in [4.78, 5) is 6.40. The number of rotatable bonds is 3. The number of anilines is 2. The van der Waals surface area contributed by atoms with E-state index >= 15 is 0 Å². The molecule has 1 aliphatic heterocycles. The molecule has 88 valence electrons. The Balaban J connectivity index is 1.99. The molecule has 1 atom stereocenters. The Morgan fingerprint density at radius 2 is 2.44 bits per heavy atom. The zero-order chi connectivity index (χ0) is 11.5. The van der Waals surface area contributed by atoms with Crippen LogP contribution in [0.1, 0.15) is 12.8 Å². The molecule has 2 heterocycles. The van der Waals surface area contributed by atoms with Crippen LogP contribution in [0, 0.1) is 0 Å². The molecule has 2 rings (SSSR count). The SMILES string of the molecule is CN1CCCC1CNc1c(N)cncc1Br. The first-order valence-electron chi connectivity index (χ1n) is 5.51. The first kappa shape index (κ1) is 11.7. The number of likely N-dealkylation sites (N-methyl/N-ethyl adjacent to an activating group) is 1. The molecular formula is C11H17BrN4. The van der Waals surface area contributed by atoms with Gasteiger partial charge in [-0.2, -0.15) is 0 Å². The molecule has 16 heavy (non-hydrogen) atoms. The van der Waals surface area contributed by atoms with Crippen LogP contribution < -0.4 is 11.1 Å². The molecule has 0 bridgehead atoms. The summed E-state index contributed by atoms with van der Waals surface area (Å²) in [5, 5.41) is 3.40. The third-order valence-electron chi connectivity index (χ3n) is 3.11. The Bertz CT molecular complexity index is 349. The molecule has 0 spiro atoms. The van der Waals surface area contributed by atoms with E-state index < -0.39 is 0 Å². The van der Waals surface area contributed by atoms with Gasteiger partial charge in [0.25, 0.3) is 0 Å². The molecule has 0 aromatic carbocycles. The highest BCUT2D eigenvalue weighted by atomic mass is 79.9. The maximum atomic E-state index is 5.87. The van der Waals surface area contributed by atoms with E-state index in [1.165, 1.54) is 19.4 Å². The Morgan fingerprint density at radius 1 is 1.62 bits per heavy atom. The van der Waals surface area contributed by atoms with Crippen molar-refractivity contribution in [1.82, 2.24) is 9.88 Å². The zero-order valence-electron chi connectivity index (χ0n) is 9.41. The van der Waals surface area contributed by atoms with Gasteiger partial charge < -0.3 is 16.0 Å². The van der Waals surface area contributed by atoms with Crippen LogP contribution in [0.5, 0.6) is 0 Å². The van der Waals surface area contributed by atoms with Crippen molar-refractivity contribution in [3.8, 4) is 0 Å². The van der Waals surface area contributed by atoms with E-state index in [0.717, 1.165) is 16.7 Å². The number of nitrogens with one attached hydrogen (secondary N) is 1. The van der Waals surface area contributed by atoms with Crippen molar-refractivity contribution in [2.45, 2.75) is 18.9 Å². The Labute approximate surface area is 104 Å². The molecule has 0 saturated carbocycles. The number of nitrogen functional groups attached to an aromatic ring is 1. The number of nitrogens with two attached hydrogens (primary N) is 1. The third-order valence-corrected chi connectivity index (χ3v) is 3.72. The van der Waals surface area contributed by atoms with Crippen molar-refractivity contribution in [3.63, 3.8) is 0 Å². The molecule has 5 heteroatoms. The molecule has 3 N–H and O–H groups in total. The van der Waals surface area contributed by atoms with E-state index in [0.29, 0.717) is 11.7 Å². The van der Waals surface area contributed by atoms with Gasteiger partial charge in [-0.1, -0.05) is 0 Å². The monoisotopic (exact) mass is 284 g/mol. The summed E-state index contributed by atoms with van der Waals surface area (Å²) in [7, 11) is 2.17. The van der Waals surface area contributed by atoms with Crippen molar-refractivity contribution in [2.75, 3.05) is 31.2 Å². The fraction of sp³-hybridized carbons (Fsp3) is 0.545. The first-order chi connectivity index (χ1) is 7.68. The van der Waals surface area contributed by atoms with Crippen LogP contribution in [0.2, 0.25) is 0 Å². The van der Waals surface area contributed by atoms with Crippen molar-refractivity contribution in [1.29, 1.82) is 0 Å². The molecule has 1 aromatic heterocycles. The molecule has 1 unspecified atom stereocenters. The molecule has 0 aliphatic carbocycles. The Hall–Kier alpha value is -0.810. The minimum Gasteiger partial charge on any atom is -0.396 e. The van der Waals surface area contributed by atoms with Gasteiger partial charge in [-0.25, -0.2) is 0 Å². The van der Waals surface area contributed by atoms with E-state index in [-0.39, 0.29) is 0 Å². The highest BCUT2D eigenvalue weighted by Crippen LogP contribution is 2.27. The number of pyridine rings is 1. The van der Waals surface area contributed by atoms with Crippen LogP contribution in [0.4, 0.5) is 11.4 Å². The van der Waals surface area contributed by atoms with Gasteiger partial charge in [0.15, 0.2) is 0 Å². The number of hydrogen-bond donors (Lipinski definition) is 2. The summed E-state index contributed by atoms with van der Waals surface area (Å²) >= 11 is 3.45. The highest BCUT2D eigenvalue weighted by molar-refractivity contribution is 9.10. The van der Waals surface area contributed by atoms with Crippen molar-refractivity contribution in [2.24, 2.45) is 0 Å². The van der Waals surface area contributed by atoms with Crippen LogP contribution >= 0.6 is 15.9 Å². The summed E-state index contributed by atoms with van der Waals surface area (Å²) in [6.07, 6.45) is 5.98. The number of likely N-dealkylation sites (tertiary alicyclic amines) is 1. The lowest BCUT2D eigenvalue weighted by Gasteiger charge is -2.21. The van der Waals surface area contributed by atoms with E-state index in [4.69, 9.17) is 5.73 Å². The topological polar surface area (TPSA) is 54.2 Å². The van der Waals surface area contributed by atoms with Gasteiger partial charge in [0.2, 0.25) is 0 Å². The normalized spacial score (nSPS) is 21.2. The third kappa shape index (κ3) is 2.47. The average Bonchev–Trinajstić information content (AvgIpc) is 2.64. The maximum absolute atomic E-state index is 5.87. The second-order valence-corrected chi connectivity index (χ2v) is 5.10. The van der Waals surface area contributed by atoms with Gasteiger partial charge in [-0.15, -0.1) is 0 Å². The van der Waals surface area contributed by atoms with Crippen LogP contribution in [-0.2, 0) is 0 Å². The van der Waals surface area contributed by atoms with Gasteiger partial charge in [0, 0.05) is 18.8 Å². The molecule has 0 amide bonds. The molecular weight excluding hydrogens is 268 g/mol. The number of halogens is 1. The van der Waals surface area contributed by atoms with Crippen LogP contribution in [0.15, 0.2) is 16.9 Å². The number of nitrogens with zero attached hydrogens (tertiary/aromatic N) is 2. The van der Waals surface area contributed by atoms with E-state index in [1.807, 2.05) is 0 Å². The highest BCUT2D eigenvalue weighted by Gasteiger charge is 2.20. The molecule has 1 fully saturated rings. The smallest absolute Gasteiger partial charge is 0.0750 e. The van der Waals surface area contributed by atoms with Crippen LogP contribution in [0.25, 0.3) is 0 Å². The predicted octanol–water partition coefficient (Wildman–Crippen LogP) is 1.93. The average molecular weight is 285 g/mol. The summed E-state index contributed by atoms with van der Waals surface area (Å²) < 4.78 is 0.924. The van der Waals surface area contributed by atoms with Crippen molar-refractivity contribution >= 4 is 27.3 Å². The summed E-state index contributed by atoms with van der Waals surface area (Å²) in [5.41, 5.74) is 7.52. The second-order valence-electron chi connectivity index (χ2n) is 4.24. The molecule has 1 saturated heterocycles. The number of hydrogen-bond acceptors (Lipinski definition) is 4. The van der Waals surface area contributed by atoms with Crippen LogP contribution in [0.3, 0.4) is 0 Å². The van der Waals surface area contributed by atoms with Gasteiger partial charge in [-0.05, 0) is 42.4 Å². The van der Waals surface area contributed by atoms with E-state index in [1.54, 1.807) is 12.4 Å². The Kier molecular flexibility index (Phi) is 3.66. The van der Waals surface area contributed by atoms with Gasteiger partial charge >= 0.3 is 0 Å². The maximum Gasteiger partial charge on any atom is 0.0750 e. The molecule has 1 aromatic rings. The molecule has 0 radical (unpaired) electrons. The second kappa shape index (κ2) is 5.01. The lowest BCUT2D eigenvalue weighted by molar-refractivity contribution is 0.322. The van der Waals surface area contributed by atoms with Gasteiger partial charge in [0.1, 0.15) is 0 Å². The lowest BCUT2D eigenvalue weighted by atomic mass is 10.2. The standard InChI is InChI=1S/C11H17BrN4/c1-16-4-2-3-8(16)5-15-11-9(12)6-14-7-10(11)13/h6-8H,2-5,13H2,1H3,(H,14,15). The minimum atomic E-state index is 0.611. The lowest BCUT2D eigenvalue weighted by Crippen LogP contribution is -2.31. The molecule has 4 nitrogen and oxygen atoms in total. The van der Waals surface area contributed by atoms with Crippen LogP contribution in [-0.4, -0.2) is 36.1 Å². The van der Waals surface area contributed by atoms with Crippen molar-refractivity contribution in [3.05, 3.63) is 16.9 Å². The fourth-order valence-corrected chi connectivity index (χ4v) is 2.58. The predicted molar refractivity (Wildman–Crippen MR) is 70.5 cm³/mol. The number of aromatic nitrogens is 1. The fourth-order valence-electron chi connectivity index (χ4n) is 2.09. The van der Waals surface area contributed by atoms with Gasteiger partial charge in [0.05, 0.1) is 22.0 Å². The summed E-state index contributed by atoms with van der Waals surface area (Å²) in [6.45, 7) is 2.13. The quantitative estimate of drug-likeness (QED) is 0.891. The Morgan fingerprint density at radius 3 is 3.06 bits per heavy atom. The first-order valence-corrected chi connectivity index (χ1v) is 6.31. The zero-order valence-corrected chi connectivity index (χ0v) is 11.0. The van der Waals surface area contributed by atoms with Crippen molar-refractivity contribution < 1.29 is 0 Å². The van der Waals surface area contributed by atoms with Gasteiger partial charge in [-0.3, -0.25) is 4.98 Å².